The van der Waals surface area contributed by atoms with E-state index in [9.17, 15) is 17.8 Å². The van der Waals surface area contributed by atoms with Gasteiger partial charge in [0, 0.05) is 29.6 Å². The van der Waals surface area contributed by atoms with Crippen LogP contribution in [0.4, 0.5) is 8.78 Å². The van der Waals surface area contributed by atoms with E-state index in [-0.39, 0.29) is 35.4 Å². The van der Waals surface area contributed by atoms with Crippen LogP contribution in [-0.2, 0) is 33.5 Å². The van der Waals surface area contributed by atoms with Crippen molar-refractivity contribution in [2.24, 2.45) is 11.7 Å². The molecule has 2 saturated heterocycles. The second kappa shape index (κ2) is 11.1. The van der Waals surface area contributed by atoms with Gasteiger partial charge in [-0.1, -0.05) is 37.3 Å². The lowest BCUT2D eigenvalue weighted by Gasteiger charge is -2.37. The molecule has 0 spiro atoms. The van der Waals surface area contributed by atoms with Crippen molar-refractivity contribution in [3.8, 4) is 0 Å². The van der Waals surface area contributed by atoms with Crippen LogP contribution in [0.3, 0.4) is 0 Å². The van der Waals surface area contributed by atoms with Crippen molar-refractivity contribution >= 4 is 16.9 Å². The number of benzene rings is 2. The molecular weight excluding hydrogens is 434 g/mol. The number of nitrogens with zero attached hydrogens (tertiary/aromatic N) is 1. The van der Waals surface area contributed by atoms with E-state index >= 15 is 0 Å². The van der Waals surface area contributed by atoms with E-state index in [1.165, 1.54) is 0 Å². The Morgan fingerprint density at radius 1 is 1.09 bits per heavy atom. The lowest BCUT2D eigenvalue weighted by atomic mass is 10.0. The van der Waals surface area contributed by atoms with E-state index in [1.807, 2.05) is 37.3 Å². The van der Waals surface area contributed by atoms with Gasteiger partial charge in [0.1, 0.15) is 22.6 Å². The molecule has 8 heteroatoms. The maximum atomic E-state index is 14.5. The molecule has 0 aromatic heterocycles. The monoisotopic (exact) mass is 464 g/mol. The second-order valence-corrected chi connectivity index (χ2v) is 10.1. The highest BCUT2D eigenvalue weighted by Crippen LogP contribution is 2.35. The quantitative estimate of drug-likeness (QED) is 0.726. The van der Waals surface area contributed by atoms with Gasteiger partial charge in [-0.05, 0) is 37.5 Å². The molecule has 0 aliphatic carbocycles. The highest BCUT2D eigenvalue weighted by atomic mass is 32.2. The third-order valence-electron chi connectivity index (χ3n) is 5.70. The van der Waals surface area contributed by atoms with Gasteiger partial charge in [-0.3, -0.25) is 4.79 Å². The summed E-state index contributed by atoms with van der Waals surface area (Å²) < 4.78 is 48.3. The second-order valence-electron chi connectivity index (χ2n) is 8.50. The molecule has 2 aliphatic rings. The first kappa shape index (κ1) is 24.5. The van der Waals surface area contributed by atoms with Gasteiger partial charge in [-0.15, -0.1) is 0 Å². The fraction of sp³-hybridized carbons (Fsp3) is 0.458. The Kier molecular flexibility index (Phi) is 8.51. The first-order chi connectivity index (χ1) is 15.3. The van der Waals surface area contributed by atoms with E-state index in [2.05, 4.69) is 6.92 Å². The van der Waals surface area contributed by atoms with Crippen molar-refractivity contribution in [1.29, 1.82) is 0 Å². The molecule has 0 bridgehead atoms. The fourth-order valence-electron chi connectivity index (χ4n) is 3.74. The molecule has 2 fully saturated rings. The summed E-state index contributed by atoms with van der Waals surface area (Å²) in [5.74, 6) is -1.19. The summed E-state index contributed by atoms with van der Waals surface area (Å²) >= 11 is 0. The molecule has 32 heavy (non-hydrogen) atoms. The largest absolute Gasteiger partial charge is 0.381 e. The number of nitrogens with two attached hydrogens (primary N) is 1. The Bertz CT molecular complexity index is 954. The number of carbonyl (C=O) groups is 1. The van der Waals surface area contributed by atoms with Gasteiger partial charge in [0.25, 0.3) is 0 Å². The van der Waals surface area contributed by atoms with Crippen molar-refractivity contribution in [2.75, 3.05) is 13.2 Å². The number of primary amides is 1. The summed E-state index contributed by atoms with van der Waals surface area (Å²) in [6.07, 6.45) is 1.24. The van der Waals surface area contributed by atoms with E-state index in [1.54, 1.807) is 4.31 Å². The number of carbonyl (C=O) groups excluding carboxylic acids is 1. The standard InChI is InChI=1S/C20H22F2N2O2S.C4H8O/c1-13-7-8-19(14-5-3-2-4-6-14)27(26)24(13)12-16-10-17(21)15(9-18(16)22)11-20(23)25;1-4-2-5-3-4/h2-6,9-10,13,19H,7-8,11-12H2,1H3,(H2,23,25);4H,2-3H2,1H3/t13-,19+,27?;/m0./s1. The number of hydrogen-bond donors (Lipinski definition) is 1. The van der Waals surface area contributed by atoms with Gasteiger partial charge < -0.3 is 10.5 Å². The number of ether oxygens (including phenoxy) is 1. The zero-order valence-corrected chi connectivity index (χ0v) is 19.2. The molecule has 1 unspecified atom stereocenters. The summed E-state index contributed by atoms with van der Waals surface area (Å²) in [6.45, 7) is 6.13. The normalized spacial score (nSPS) is 23.7. The first-order valence-corrected chi connectivity index (χ1v) is 12.0. The highest BCUT2D eigenvalue weighted by molar-refractivity contribution is 7.83. The molecule has 5 nitrogen and oxygen atoms in total. The SMILES string of the molecule is CC1COC1.C[C@H]1CC[C@H](c2ccccc2)S(=O)N1Cc1cc(F)c(CC(N)=O)cc1F. The molecular formula is C24H30F2N2O3S. The maximum Gasteiger partial charge on any atom is 0.221 e. The van der Waals surface area contributed by atoms with Crippen LogP contribution in [0.15, 0.2) is 42.5 Å². The molecule has 174 valence electrons. The molecule has 2 aliphatic heterocycles. The van der Waals surface area contributed by atoms with Crippen molar-refractivity contribution < 1.29 is 22.5 Å². The van der Waals surface area contributed by atoms with Gasteiger partial charge in [-0.2, -0.15) is 0 Å². The molecule has 0 saturated carbocycles. The number of rotatable bonds is 5. The minimum absolute atomic E-state index is 0.0152. The molecule has 0 radical (unpaired) electrons. The molecule has 2 heterocycles. The minimum Gasteiger partial charge on any atom is -0.381 e. The summed E-state index contributed by atoms with van der Waals surface area (Å²) in [5.41, 5.74) is 6.09. The first-order valence-electron chi connectivity index (χ1n) is 10.8. The van der Waals surface area contributed by atoms with Crippen molar-refractivity contribution in [3.05, 3.63) is 70.8 Å². The van der Waals surface area contributed by atoms with Gasteiger partial charge in [-0.25, -0.2) is 17.3 Å². The summed E-state index contributed by atoms with van der Waals surface area (Å²) in [7, 11) is -1.36. The lowest BCUT2D eigenvalue weighted by molar-refractivity contribution is -0.117. The summed E-state index contributed by atoms with van der Waals surface area (Å²) in [5, 5.41) is -0.163. The van der Waals surface area contributed by atoms with Gasteiger partial charge in [0.2, 0.25) is 5.91 Å². The summed E-state index contributed by atoms with van der Waals surface area (Å²) in [6, 6.07) is 11.7. The zero-order chi connectivity index (χ0) is 23.3. The molecule has 2 N–H and O–H groups in total. The van der Waals surface area contributed by atoms with Crippen LogP contribution in [0.2, 0.25) is 0 Å². The molecule has 2 aromatic carbocycles. The lowest BCUT2D eigenvalue weighted by Crippen LogP contribution is -2.41. The topological polar surface area (TPSA) is 72.6 Å². The fourth-order valence-corrected chi connectivity index (χ4v) is 5.52. The predicted molar refractivity (Wildman–Crippen MR) is 121 cm³/mol. The minimum atomic E-state index is -1.36. The van der Waals surface area contributed by atoms with Crippen LogP contribution in [0.25, 0.3) is 0 Å². The van der Waals surface area contributed by atoms with E-state index < -0.39 is 28.5 Å². The Balaban J connectivity index is 0.000000509. The molecule has 1 amide bonds. The Hall–Kier alpha value is -2.16. The number of hydrogen-bond acceptors (Lipinski definition) is 3. The number of halogens is 2. The van der Waals surface area contributed by atoms with Crippen LogP contribution < -0.4 is 5.73 Å². The van der Waals surface area contributed by atoms with E-state index in [0.29, 0.717) is 0 Å². The van der Waals surface area contributed by atoms with Crippen LogP contribution >= 0.6 is 0 Å². The Morgan fingerprint density at radius 2 is 1.69 bits per heavy atom. The molecule has 3 atom stereocenters. The van der Waals surface area contributed by atoms with Crippen LogP contribution in [0, 0.1) is 17.6 Å². The average molecular weight is 465 g/mol. The summed E-state index contributed by atoms with van der Waals surface area (Å²) in [4.78, 5) is 11.0. The smallest absolute Gasteiger partial charge is 0.221 e. The predicted octanol–water partition coefficient (Wildman–Crippen LogP) is 4.03. The highest BCUT2D eigenvalue weighted by Gasteiger charge is 2.34. The van der Waals surface area contributed by atoms with E-state index in [4.69, 9.17) is 10.5 Å². The molecule has 2 aromatic rings. The Morgan fingerprint density at radius 3 is 2.25 bits per heavy atom. The number of amides is 1. The molecule has 4 rings (SSSR count). The van der Waals surface area contributed by atoms with Gasteiger partial charge in [0.15, 0.2) is 0 Å². The zero-order valence-electron chi connectivity index (χ0n) is 18.4. The van der Waals surface area contributed by atoms with E-state index in [0.717, 1.165) is 49.7 Å². The third-order valence-corrected chi connectivity index (χ3v) is 7.64. The van der Waals surface area contributed by atoms with Gasteiger partial charge >= 0.3 is 0 Å². The van der Waals surface area contributed by atoms with Gasteiger partial charge in [0.05, 0.1) is 24.9 Å². The van der Waals surface area contributed by atoms with Crippen LogP contribution in [0.1, 0.15) is 48.6 Å². The Labute approximate surface area is 190 Å². The maximum absolute atomic E-state index is 14.5. The van der Waals surface area contributed by atoms with Crippen molar-refractivity contribution in [2.45, 2.75) is 50.9 Å². The van der Waals surface area contributed by atoms with Crippen molar-refractivity contribution in [1.82, 2.24) is 4.31 Å². The van der Waals surface area contributed by atoms with Crippen LogP contribution in [-0.4, -0.2) is 33.7 Å². The third kappa shape index (κ3) is 6.21. The van der Waals surface area contributed by atoms with Crippen LogP contribution in [0.5, 0.6) is 0 Å². The van der Waals surface area contributed by atoms with Crippen molar-refractivity contribution in [3.63, 3.8) is 0 Å². The average Bonchev–Trinajstić information content (AvgIpc) is 2.73.